The molecule has 2 N–H and O–H groups in total. The van der Waals surface area contributed by atoms with Crippen LogP contribution < -0.4 is 5.73 Å². The third-order valence-corrected chi connectivity index (χ3v) is 3.04. The molecule has 0 aliphatic heterocycles. The summed E-state index contributed by atoms with van der Waals surface area (Å²) in [7, 11) is 0. The van der Waals surface area contributed by atoms with Gasteiger partial charge in [-0.1, -0.05) is 13.8 Å². The van der Waals surface area contributed by atoms with Crippen LogP contribution >= 0.6 is 0 Å². The Morgan fingerprint density at radius 3 is 2.29 bits per heavy atom. The van der Waals surface area contributed by atoms with E-state index in [1.165, 1.54) is 0 Å². The number of nitrogens with zero attached hydrogens (tertiary/aromatic N) is 6. The van der Waals surface area contributed by atoms with Crippen molar-refractivity contribution in [2.45, 2.75) is 34.6 Å². The van der Waals surface area contributed by atoms with Gasteiger partial charge in [-0.05, 0) is 32.4 Å². The zero-order chi connectivity index (χ0) is 17.7. The van der Waals surface area contributed by atoms with Gasteiger partial charge < -0.3 is 5.73 Å². The maximum Gasteiger partial charge on any atom is 0.235 e. The Hall–Kier alpha value is -2.96. The molecule has 0 saturated carbocycles. The van der Waals surface area contributed by atoms with Gasteiger partial charge in [0, 0.05) is 30.5 Å². The lowest BCUT2D eigenvalue weighted by atomic mass is 10.4. The van der Waals surface area contributed by atoms with E-state index in [0.717, 1.165) is 22.7 Å². The average Bonchev–Trinajstić information content (AvgIpc) is 3.09. The summed E-state index contributed by atoms with van der Waals surface area (Å²) < 4.78 is 3.73. The molecule has 0 saturated heterocycles. The highest BCUT2D eigenvalue weighted by Crippen LogP contribution is 2.04. The molecule has 0 aliphatic carbocycles. The Labute approximate surface area is 141 Å². The molecule has 0 radical (unpaired) electrons. The molecular formula is C17H23N7. The second-order valence-corrected chi connectivity index (χ2v) is 5.16. The van der Waals surface area contributed by atoms with Crippen LogP contribution in [0.3, 0.4) is 0 Å². The molecule has 0 atom stereocenters. The van der Waals surface area contributed by atoms with Crippen LogP contribution in [-0.4, -0.2) is 28.7 Å². The molecule has 0 aliphatic rings. The maximum absolute atomic E-state index is 5.47. The fourth-order valence-corrected chi connectivity index (χ4v) is 2.08. The molecule has 0 amide bonds. The standard InChI is InChI=1S/C8H9N3.C7H8N4.C2H6/c1-6-3-4-11-5-7(2)10-8(11)9-6;1-5-2-9-7-10-6(8)4-11(7)3-5;1-2/h3-5H,1-2H3;2-4H,8H2,1H3;1-2H3. The monoisotopic (exact) mass is 325 g/mol. The highest BCUT2D eigenvalue weighted by atomic mass is 15.1. The summed E-state index contributed by atoms with van der Waals surface area (Å²) >= 11 is 0. The van der Waals surface area contributed by atoms with Crippen molar-refractivity contribution in [3.05, 3.63) is 54.0 Å². The summed E-state index contributed by atoms with van der Waals surface area (Å²) in [5, 5.41) is 0. The SMILES string of the molecule is CC.Cc1ccn2cc(C)nc2n1.Cc1cnc2nc(N)cn2c1. The first-order chi connectivity index (χ1) is 11.5. The second kappa shape index (κ2) is 7.54. The van der Waals surface area contributed by atoms with Crippen molar-refractivity contribution in [2.24, 2.45) is 0 Å². The van der Waals surface area contributed by atoms with E-state index < -0.39 is 0 Å². The molecule has 4 aromatic rings. The number of rotatable bonds is 0. The number of nitrogens with two attached hydrogens (primary N) is 1. The summed E-state index contributed by atoms with van der Waals surface area (Å²) in [5.41, 5.74) is 8.57. The van der Waals surface area contributed by atoms with Crippen molar-refractivity contribution in [3.63, 3.8) is 0 Å². The minimum absolute atomic E-state index is 0.503. The van der Waals surface area contributed by atoms with Gasteiger partial charge in [-0.3, -0.25) is 8.80 Å². The van der Waals surface area contributed by atoms with E-state index in [0.29, 0.717) is 11.6 Å². The van der Waals surface area contributed by atoms with Crippen LogP contribution in [0.4, 0.5) is 5.82 Å². The van der Waals surface area contributed by atoms with Gasteiger partial charge in [-0.15, -0.1) is 0 Å². The number of anilines is 1. The van der Waals surface area contributed by atoms with Crippen molar-refractivity contribution in [1.29, 1.82) is 0 Å². The van der Waals surface area contributed by atoms with Crippen molar-refractivity contribution in [3.8, 4) is 0 Å². The minimum Gasteiger partial charge on any atom is -0.382 e. The highest BCUT2D eigenvalue weighted by Gasteiger charge is 1.97. The molecule has 0 fully saturated rings. The molecule has 0 bridgehead atoms. The van der Waals surface area contributed by atoms with Crippen LogP contribution in [-0.2, 0) is 0 Å². The molecule has 0 spiro atoms. The Morgan fingerprint density at radius 1 is 0.833 bits per heavy atom. The van der Waals surface area contributed by atoms with E-state index in [2.05, 4.69) is 19.9 Å². The van der Waals surface area contributed by atoms with E-state index in [4.69, 9.17) is 5.73 Å². The Kier molecular flexibility index (Phi) is 5.47. The highest BCUT2D eigenvalue weighted by molar-refractivity contribution is 5.40. The minimum atomic E-state index is 0.503. The van der Waals surface area contributed by atoms with Gasteiger partial charge in [0.25, 0.3) is 0 Å². The molecule has 126 valence electrons. The van der Waals surface area contributed by atoms with Gasteiger partial charge >= 0.3 is 0 Å². The molecule has 7 nitrogen and oxygen atoms in total. The number of nitrogen functional groups attached to an aromatic ring is 1. The molecule has 7 heteroatoms. The quantitative estimate of drug-likeness (QED) is 0.537. The number of aryl methyl sites for hydroxylation is 3. The normalized spacial score (nSPS) is 10.0. The van der Waals surface area contributed by atoms with Gasteiger partial charge in [0.1, 0.15) is 5.82 Å². The topological polar surface area (TPSA) is 86.4 Å². The second-order valence-electron chi connectivity index (χ2n) is 5.16. The zero-order valence-electron chi connectivity index (χ0n) is 14.7. The number of imidazole rings is 2. The van der Waals surface area contributed by atoms with Crippen molar-refractivity contribution in [2.75, 3.05) is 5.73 Å². The van der Waals surface area contributed by atoms with Crippen LogP contribution in [0.15, 0.2) is 37.1 Å². The van der Waals surface area contributed by atoms with Gasteiger partial charge in [0.05, 0.1) is 11.9 Å². The number of fused-ring (bicyclic) bond motifs is 2. The molecule has 4 aromatic heterocycles. The first-order valence-electron chi connectivity index (χ1n) is 7.87. The number of hydrogen-bond acceptors (Lipinski definition) is 5. The lowest BCUT2D eigenvalue weighted by molar-refractivity contribution is 1.07. The lowest BCUT2D eigenvalue weighted by Gasteiger charge is -1.91. The van der Waals surface area contributed by atoms with Crippen LogP contribution in [0.2, 0.25) is 0 Å². The van der Waals surface area contributed by atoms with Crippen LogP contribution in [0.25, 0.3) is 11.6 Å². The first kappa shape index (κ1) is 17.4. The molecule has 4 rings (SSSR count). The van der Waals surface area contributed by atoms with E-state index in [1.807, 2.05) is 68.1 Å². The number of aromatic nitrogens is 6. The summed E-state index contributed by atoms with van der Waals surface area (Å²) in [6, 6.07) is 1.97. The van der Waals surface area contributed by atoms with E-state index in [1.54, 1.807) is 12.4 Å². The van der Waals surface area contributed by atoms with E-state index in [9.17, 15) is 0 Å². The smallest absolute Gasteiger partial charge is 0.235 e. The fourth-order valence-electron chi connectivity index (χ4n) is 2.08. The van der Waals surface area contributed by atoms with Crippen molar-refractivity contribution >= 4 is 17.4 Å². The van der Waals surface area contributed by atoms with Gasteiger partial charge in [-0.25, -0.2) is 15.0 Å². The Bertz CT molecular complexity index is 859. The first-order valence-corrected chi connectivity index (χ1v) is 7.87. The third-order valence-electron chi connectivity index (χ3n) is 3.04. The molecule has 4 heterocycles. The fraction of sp³-hybridized carbons (Fsp3) is 0.294. The van der Waals surface area contributed by atoms with E-state index >= 15 is 0 Å². The van der Waals surface area contributed by atoms with Crippen LogP contribution in [0.1, 0.15) is 30.8 Å². The Balaban J connectivity index is 0.000000158. The van der Waals surface area contributed by atoms with Crippen molar-refractivity contribution in [1.82, 2.24) is 28.7 Å². The van der Waals surface area contributed by atoms with Crippen molar-refractivity contribution < 1.29 is 0 Å². The van der Waals surface area contributed by atoms with Gasteiger partial charge in [0.2, 0.25) is 11.6 Å². The third kappa shape index (κ3) is 4.07. The van der Waals surface area contributed by atoms with Crippen LogP contribution in [0, 0.1) is 20.8 Å². The van der Waals surface area contributed by atoms with Crippen LogP contribution in [0.5, 0.6) is 0 Å². The summed E-state index contributed by atoms with van der Waals surface area (Å²) in [6.07, 6.45) is 9.38. The van der Waals surface area contributed by atoms with Gasteiger partial charge in [-0.2, -0.15) is 4.98 Å². The Morgan fingerprint density at radius 2 is 1.54 bits per heavy atom. The molecule has 24 heavy (non-hydrogen) atoms. The largest absolute Gasteiger partial charge is 0.382 e. The average molecular weight is 325 g/mol. The zero-order valence-corrected chi connectivity index (χ0v) is 14.7. The predicted octanol–water partition coefficient (Wildman–Crippen LogP) is 2.99. The van der Waals surface area contributed by atoms with Gasteiger partial charge in [0.15, 0.2) is 0 Å². The predicted molar refractivity (Wildman–Crippen MR) is 95.9 cm³/mol. The molecule has 0 unspecified atom stereocenters. The summed E-state index contributed by atoms with van der Waals surface area (Å²) in [4.78, 5) is 16.5. The lowest BCUT2D eigenvalue weighted by Crippen LogP contribution is -1.88. The summed E-state index contributed by atoms with van der Waals surface area (Å²) in [5.74, 6) is 1.93. The summed E-state index contributed by atoms with van der Waals surface area (Å²) in [6.45, 7) is 9.90. The maximum atomic E-state index is 5.47. The van der Waals surface area contributed by atoms with E-state index in [-0.39, 0.29) is 0 Å². The number of hydrogen-bond donors (Lipinski definition) is 1. The molecule has 0 aromatic carbocycles. The molecular weight excluding hydrogens is 302 g/mol.